The molecule has 3 heteroatoms. The fraction of sp³-hybridized carbons (Fsp3) is 0.417. The third-order valence-electron chi connectivity index (χ3n) is 3.15. The lowest BCUT2D eigenvalue weighted by atomic mass is 9.85. The Kier molecular flexibility index (Phi) is 2.49. The van der Waals surface area contributed by atoms with Crippen molar-refractivity contribution in [3.8, 4) is 0 Å². The maximum absolute atomic E-state index is 11.3. The number of aryl methyl sites for hydroxylation is 1. The van der Waals surface area contributed by atoms with Gasteiger partial charge in [-0.1, -0.05) is 30.7 Å². The first-order valence-electron chi connectivity index (χ1n) is 5.25. The molecule has 0 radical (unpaired) electrons. The van der Waals surface area contributed by atoms with E-state index in [4.69, 9.17) is 5.73 Å². The van der Waals surface area contributed by atoms with Gasteiger partial charge in [0.05, 0.1) is 0 Å². The summed E-state index contributed by atoms with van der Waals surface area (Å²) in [6, 6.07) is 7.61. The molecule has 80 valence electrons. The Morgan fingerprint density at radius 1 is 1.33 bits per heavy atom. The maximum atomic E-state index is 11.3. The lowest BCUT2D eigenvalue weighted by Gasteiger charge is -2.25. The number of carboxylic acids is 1. The van der Waals surface area contributed by atoms with Crippen molar-refractivity contribution in [2.45, 2.75) is 31.2 Å². The highest BCUT2D eigenvalue weighted by Crippen LogP contribution is 2.32. The first-order chi connectivity index (χ1) is 7.14. The molecule has 1 unspecified atom stereocenters. The number of fused-ring (bicyclic) bond motifs is 1. The quantitative estimate of drug-likeness (QED) is 0.685. The minimum absolute atomic E-state index is 0.527. The molecule has 0 saturated carbocycles. The SMILES string of the molecule is NC1(C(=O)O)CCCCc2ccccc21. The number of nitrogens with two attached hydrogens (primary N) is 1. The van der Waals surface area contributed by atoms with Crippen LogP contribution in [0.15, 0.2) is 24.3 Å². The van der Waals surface area contributed by atoms with Gasteiger partial charge in [-0.05, 0) is 30.4 Å². The summed E-state index contributed by atoms with van der Waals surface area (Å²) in [5.41, 5.74) is 6.70. The summed E-state index contributed by atoms with van der Waals surface area (Å²) >= 11 is 0. The van der Waals surface area contributed by atoms with Crippen LogP contribution >= 0.6 is 0 Å². The van der Waals surface area contributed by atoms with Crippen molar-refractivity contribution in [1.29, 1.82) is 0 Å². The van der Waals surface area contributed by atoms with Crippen molar-refractivity contribution >= 4 is 5.97 Å². The van der Waals surface area contributed by atoms with Gasteiger partial charge in [-0.3, -0.25) is 0 Å². The maximum Gasteiger partial charge on any atom is 0.328 e. The number of carbonyl (C=O) groups is 1. The van der Waals surface area contributed by atoms with E-state index in [1.54, 1.807) is 0 Å². The summed E-state index contributed by atoms with van der Waals surface area (Å²) in [4.78, 5) is 11.3. The monoisotopic (exact) mass is 205 g/mol. The number of hydrogen-bond acceptors (Lipinski definition) is 2. The molecule has 0 fully saturated rings. The zero-order valence-corrected chi connectivity index (χ0v) is 8.57. The fourth-order valence-electron chi connectivity index (χ4n) is 2.25. The molecule has 1 aromatic rings. The Labute approximate surface area is 88.9 Å². The van der Waals surface area contributed by atoms with Gasteiger partial charge in [0.2, 0.25) is 0 Å². The van der Waals surface area contributed by atoms with Crippen molar-refractivity contribution in [3.05, 3.63) is 35.4 Å². The Bertz CT molecular complexity index is 389. The van der Waals surface area contributed by atoms with Crippen molar-refractivity contribution in [2.75, 3.05) is 0 Å². The van der Waals surface area contributed by atoms with Crippen LogP contribution in [0.3, 0.4) is 0 Å². The third-order valence-corrected chi connectivity index (χ3v) is 3.15. The second-order valence-corrected chi connectivity index (χ2v) is 4.14. The molecule has 1 aliphatic carbocycles. The molecule has 0 spiro atoms. The summed E-state index contributed by atoms with van der Waals surface area (Å²) < 4.78 is 0. The van der Waals surface area contributed by atoms with Crippen LogP contribution in [0.2, 0.25) is 0 Å². The number of aliphatic carboxylic acids is 1. The molecule has 1 aromatic carbocycles. The Balaban J connectivity index is 2.55. The van der Waals surface area contributed by atoms with E-state index in [0.29, 0.717) is 6.42 Å². The van der Waals surface area contributed by atoms with Gasteiger partial charge in [0, 0.05) is 0 Å². The molecule has 0 saturated heterocycles. The topological polar surface area (TPSA) is 63.3 Å². The van der Waals surface area contributed by atoms with Crippen molar-refractivity contribution < 1.29 is 9.90 Å². The van der Waals surface area contributed by atoms with Crippen LogP contribution in [-0.2, 0) is 16.8 Å². The molecule has 1 aliphatic rings. The van der Waals surface area contributed by atoms with E-state index in [0.717, 1.165) is 30.4 Å². The van der Waals surface area contributed by atoms with Gasteiger partial charge in [0.15, 0.2) is 0 Å². The number of benzene rings is 1. The van der Waals surface area contributed by atoms with Crippen LogP contribution in [0.5, 0.6) is 0 Å². The van der Waals surface area contributed by atoms with Gasteiger partial charge in [0.1, 0.15) is 5.54 Å². The van der Waals surface area contributed by atoms with Crippen LogP contribution in [0.25, 0.3) is 0 Å². The van der Waals surface area contributed by atoms with Gasteiger partial charge < -0.3 is 10.8 Å². The smallest absolute Gasteiger partial charge is 0.328 e. The average Bonchev–Trinajstić information content (AvgIpc) is 2.40. The van der Waals surface area contributed by atoms with E-state index in [-0.39, 0.29) is 0 Å². The zero-order chi connectivity index (χ0) is 10.9. The normalized spacial score (nSPS) is 25.4. The van der Waals surface area contributed by atoms with Crippen LogP contribution in [0.4, 0.5) is 0 Å². The average molecular weight is 205 g/mol. The molecule has 3 nitrogen and oxygen atoms in total. The van der Waals surface area contributed by atoms with Crippen LogP contribution < -0.4 is 5.73 Å². The summed E-state index contributed by atoms with van der Waals surface area (Å²) in [6.45, 7) is 0. The van der Waals surface area contributed by atoms with Gasteiger partial charge in [0.25, 0.3) is 0 Å². The van der Waals surface area contributed by atoms with E-state index >= 15 is 0 Å². The summed E-state index contributed by atoms with van der Waals surface area (Å²) in [5, 5.41) is 9.24. The fourth-order valence-corrected chi connectivity index (χ4v) is 2.25. The lowest BCUT2D eigenvalue weighted by molar-refractivity contribution is -0.144. The van der Waals surface area contributed by atoms with Crippen LogP contribution in [-0.4, -0.2) is 11.1 Å². The molecule has 0 aromatic heterocycles. The number of hydrogen-bond donors (Lipinski definition) is 2. The highest BCUT2D eigenvalue weighted by molar-refractivity contribution is 5.81. The second kappa shape index (κ2) is 3.66. The van der Waals surface area contributed by atoms with E-state index in [1.165, 1.54) is 0 Å². The molecular weight excluding hydrogens is 190 g/mol. The molecular formula is C12H15NO2. The lowest BCUT2D eigenvalue weighted by Crippen LogP contribution is -2.44. The molecule has 0 aliphatic heterocycles. The van der Waals surface area contributed by atoms with E-state index in [9.17, 15) is 9.90 Å². The standard InChI is InChI=1S/C12H15NO2/c13-12(11(14)15)8-4-3-6-9-5-1-2-7-10(9)12/h1-2,5,7H,3-4,6,8,13H2,(H,14,15). The summed E-state index contributed by atoms with van der Waals surface area (Å²) in [5.74, 6) is -0.920. The van der Waals surface area contributed by atoms with E-state index < -0.39 is 11.5 Å². The molecule has 15 heavy (non-hydrogen) atoms. The molecule has 0 bridgehead atoms. The van der Waals surface area contributed by atoms with Gasteiger partial charge in [-0.2, -0.15) is 0 Å². The molecule has 0 heterocycles. The highest BCUT2D eigenvalue weighted by Gasteiger charge is 2.38. The van der Waals surface area contributed by atoms with Gasteiger partial charge in [-0.25, -0.2) is 4.79 Å². The molecule has 0 amide bonds. The summed E-state index contributed by atoms with van der Waals surface area (Å²) in [7, 11) is 0. The van der Waals surface area contributed by atoms with Crippen molar-refractivity contribution in [2.24, 2.45) is 5.73 Å². The Hall–Kier alpha value is -1.35. The highest BCUT2D eigenvalue weighted by atomic mass is 16.4. The predicted octanol–water partition coefficient (Wildman–Crippen LogP) is 1.65. The first-order valence-corrected chi connectivity index (χ1v) is 5.25. The minimum Gasteiger partial charge on any atom is -0.480 e. The van der Waals surface area contributed by atoms with Crippen LogP contribution in [0.1, 0.15) is 30.4 Å². The Morgan fingerprint density at radius 2 is 2.07 bits per heavy atom. The van der Waals surface area contributed by atoms with Gasteiger partial charge >= 0.3 is 5.97 Å². The van der Waals surface area contributed by atoms with Crippen molar-refractivity contribution in [1.82, 2.24) is 0 Å². The molecule has 1 atom stereocenters. The summed E-state index contributed by atoms with van der Waals surface area (Å²) in [6.07, 6.45) is 3.35. The van der Waals surface area contributed by atoms with E-state index in [2.05, 4.69) is 0 Å². The number of carboxylic acid groups (broad SMARTS) is 1. The van der Waals surface area contributed by atoms with E-state index in [1.807, 2.05) is 24.3 Å². The largest absolute Gasteiger partial charge is 0.480 e. The second-order valence-electron chi connectivity index (χ2n) is 4.14. The minimum atomic E-state index is -1.19. The third kappa shape index (κ3) is 1.63. The molecule has 2 rings (SSSR count). The van der Waals surface area contributed by atoms with Gasteiger partial charge in [-0.15, -0.1) is 0 Å². The zero-order valence-electron chi connectivity index (χ0n) is 8.57. The van der Waals surface area contributed by atoms with Crippen molar-refractivity contribution in [3.63, 3.8) is 0 Å². The number of rotatable bonds is 1. The first kappa shape index (κ1) is 10.2. The Morgan fingerprint density at radius 3 is 2.80 bits per heavy atom. The predicted molar refractivity (Wildman–Crippen MR) is 57.5 cm³/mol. The van der Waals surface area contributed by atoms with Crippen LogP contribution in [0, 0.1) is 0 Å². The molecule has 3 N–H and O–H groups in total.